The standard InChI is InChI=1S/C14H14.C8H15N/c1-2-5-9-13(8-4-1)12-14-10-6-3-7-11-14;1-7-6-9-4-2-8(7)3-5-9/h1-11,13H,12H2;7-8H,2-6H2,1H3. The van der Waals surface area contributed by atoms with Gasteiger partial charge >= 0.3 is 0 Å². The number of nitrogens with zero attached hydrogens (tertiary/aromatic N) is 1. The van der Waals surface area contributed by atoms with Crippen LogP contribution in [0.2, 0.25) is 0 Å². The van der Waals surface area contributed by atoms with Crippen LogP contribution in [0.15, 0.2) is 66.8 Å². The molecule has 1 aromatic rings. The van der Waals surface area contributed by atoms with Crippen LogP contribution in [-0.2, 0) is 6.42 Å². The third-order valence-electron chi connectivity index (χ3n) is 5.35. The molecular formula is C22H29N. The van der Waals surface area contributed by atoms with Crippen molar-refractivity contribution in [3.63, 3.8) is 0 Å². The lowest BCUT2D eigenvalue weighted by molar-refractivity contribution is 0.0603. The third-order valence-corrected chi connectivity index (χ3v) is 5.35. The van der Waals surface area contributed by atoms with Gasteiger partial charge in [-0.05, 0) is 55.7 Å². The summed E-state index contributed by atoms with van der Waals surface area (Å²) < 4.78 is 0. The van der Waals surface area contributed by atoms with Crippen molar-refractivity contribution in [1.29, 1.82) is 0 Å². The van der Waals surface area contributed by atoms with Crippen molar-refractivity contribution in [2.24, 2.45) is 17.8 Å². The first-order chi connectivity index (χ1) is 11.3. The molecule has 5 rings (SSSR count). The van der Waals surface area contributed by atoms with Crippen molar-refractivity contribution >= 4 is 0 Å². The molecule has 1 atom stereocenters. The van der Waals surface area contributed by atoms with E-state index in [9.17, 15) is 0 Å². The van der Waals surface area contributed by atoms with Crippen LogP contribution < -0.4 is 0 Å². The number of benzene rings is 1. The van der Waals surface area contributed by atoms with Crippen LogP contribution in [-0.4, -0.2) is 24.5 Å². The molecule has 1 unspecified atom stereocenters. The zero-order chi connectivity index (χ0) is 15.9. The summed E-state index contributed by atoms with van der Waals surface area (Å²) in [5.41, 5.74) is 1.40. The molecule has 122 valence electrons. The van der Waals surface area contributed by atoms with Gasteiger partial charge in [-0.25, -0.2) is 0 Å². The normalized spacial score (nSPS) is 29.0. The summed E-state index contributed by atoms with van der Waals surface area (Å²) in [5, 5.41) is 0. The Morgan fingerprint density at radius 1 is 0.913 bits per heavy atom. The molecule has 3 heterocycles. The molecule has 3 saturated heterocycles. The molecular weight excluding hydrogens is 278 g/mol. The van der Waals surface area contributed by atoms with Crippen LogP contribution in [0.1, 0.15) is 25.3 Å². The summed E-state index contributed by atoms with van der Waals surface area (Å²) in [6.45, 7) is 6.55. The van der Waals surface area contributed by atoms with E-state index in [2.05, 4.69) is 78.6 Å². The maximum Gasteiger partial charge on any atom is 0.000968 e. The second kappa shape index (κ2) is 8.31. The van der Waals surface area contributed by atoms with Crippen LogP contribution in [0.4, 0.5) is 0 Å². The van der Waals surface area contributed by atoms with Crippen LogP contribution in [0.3, 0.4) is 0 Å². The molecule has 2 bridgehead atoms. The highest BCUT2D eigenvalue weighted by atomic mass is 15.1. The molecule has 0 aromatic heterocycles. The lowest BCUT2D eigenvalue weighted by Gasteiger charge is -2.43. The fourth-order valence-corrected chi connectivity index (χ4v) is 3.89. The molecule has 0 N–H and O–H groups in total. The highest BCUT2D eigenvalue weighted by molar-refractivity contribution is 5.23. The summed E-state index contributed by atoms with van der Waals surface area (Å²) in [7, 11) is 0. The SMILES string of the molecule is C1=CC=CC(Cc2ccccc2)C=C1.CC1CN2CCC1CC2. The van der Waals surface area contributed by atoms with Gasteiger partial charge in [0, 0.05) is 6.54 Å². The first-order valence-corrected chi connectivity index (χ1v) is 9.09. The molecule has 0 amide bonds. The molecule has 3 aliphatic heterocycles. The van der Waals surface area contributed by atoms with Crippen molar-refractivity contribution < 1.29 is 0 Å². The average molecular weight is 307 g/mol. The Morgan fingerprint density at radius 2 is 1.57 bits per heavy atom. The third kappa shape index (κ3) is 4.94. The maximum absolute atomic E-state index is 2.60. The Morgan fingerprint density at radius 3 is 2.04 bits per heavy atom. The molecule has 3 fully saturated rings. The second-order valence-corrected chi connectivity index (χ2v) is 7.12. The zero-order valence-electron chi connectivity index (χ0n) is 14.3. The fourth-order valence-electron chi connectivity index (χ4n) is 3.89. The van der Waals surface area contributed by atoms with Gasteiger partial charge in [0.05, 0.1) is 0 Å². The predicted octanol–water partition coefficient (Wildman–Crippen LogP) is 4.88. The molecule has 1 aliphatic carbocycles. The van der Waals surface area contributed by atoms with Gasteiger partial charge in [-0.1, -0.05) is 73.7 Å². The molecule has 4 aliphatic rings. The van der Waals surface area contributed by atoms with Crippen molar-refractivity contribution in [3.05, 3.63) is 72.4 Å². The summed E-state index contributed by atoms with van der Waals surface area (Å²) in [6.07, 6.45) is 16.9. The molecule has 1 heteroatoms. The fraction of sp³-hybridized carbons (Fsp3) is 0.455. The van der Waals surface area contributed by atoms with E-state index >= 15 is 0 Å². The van der Waals surface area contributed by atoms with E-state index in [1.165, 1.54) is 38.0 Å². The number of allylic oxidation sites excluding steroid dienone is 6. The Bertz CT molecular complexity index is 531. The number of rotatable bonds is 2. The topological polar surface area (TPSA) is 3.24 Å². The van der Waals surface area contributed by atoms with Gasteiger partial charge in [0.1, 0.15) is 0 Å². The summed E-state index contributed by atoms with van der Waals surface area (Å²) in [4.78, 5) is 2.60. The Kier molecular flexibility index (Phi) is 5.87. The minimum atomic E-state index is 0.535. The smallest absolute Gasteiger partial charge is 0.000968 e. The highest BCUT2D eigenvalue weighted by Gasteiger charge is 2.30. The van der Waals surface area contributed by atoms with Crippen LogP contribution >= 0.6 is 0 Å². The van der Waals surface area contributed by atoms with Gasteiger partial charge in [0.2, 0.25) is 0 Å². The Hall–Kier alpha value is -1.60. The highest BCUT2D eigenvalue weighted by Crippen LogP contribution is 2.31. The van der Waals surface area contributed by atoms with Gasteiger partial charge in [-0.2, -0.15) is 0 Å². The minimum absolute atomic E-state index is 0.535. The van der Waals surface area contributed by atoms with Crippen LogP contribution in [0.5, 0.6) is 0 Å². The predicted molar refractivity (Wildman–Crippen MR) is 99.4 cm³/mol. The van der Waals surface area contributed by atoms with Crippen molar-refractivity contribution in [2.75, 3.05) is 19.6 Å². The molecule has 0 radical (unpaired) electrons. The van der Waals surface area contributed by atoms with Crippen molar-refractivity contribution in [2.45, 2.75) is 26.2 Å². The van der Waals surface area contributed by atoms with E-state index in [1.54, 1.807) is 0 Å². The van der Waals surface area contributed by atoms with Crippen molar-refractivity contribution in [1.82, 2.24) is 4.90 Å². The first kappa shape index (κ1) is 16.3. The lowest BCUT2D eigenvalue weighted by atomic mass is 9.80. The minimum Gasteiger partial charge on any atom is -0.303 e. The summed E-state index contributed by atoms with van der Waals surface area (Å²) >= 11 is 0. The van der Waals surface area contributed by atoms with Gasteiger partial charge < -0.3 is 4.90 Å². The van der Waals surface area contributed by atoms with Crippen LogP contribution in [0.25, 0.3) is 0 Å². The van der Waals surface area contributed by atoms with E-state index in [0.717, 1.165) is 18.3 Å². The molecule has 0 spiro atoms. The number of hydrogen-bond acceptors (Lipinski definition) is 1. The zero-order valence-corrected chi connectivity index (χ0v) is 14.3. The van der Waals surface area contributed by atoms with Gasteiger partial charge in [0.25, 0.3) is 0 Å². The van der Waals surface area contributed by atoms with Gasteiger partial charge in [-0.3, -0.25) is 0 Å². The molecule has 1 nitrogen and oxygen atoms in total. The van der Waals surface area contributed by atoms with Crippen molar-refractivity contribution in [3.8, 4) is 0 Å². The van der Waals surface area contributed by atoms with Gasteiger partial charge in [0.15, 0.2) is 0 Å². The number of hydrogen-bond donors (Lipinski definition) is 0. The number of piperidine rings is 3. The summed E-state index contributed by atoms with van der Waals surface area (Å²) in [6, 6.07) is 10.6. The largest absolute Gasteiger partial charge is 0.303 e. The maximum atomic E-state index is 2.60. The monoisotopic (exact) mass is 307 g/mol. The van der Waals surface area contributed by atoms with E-state index in [4.69, 9.17) is 0 Å². The quantitative estimate of drug-likeness (QED) is 0.753. The Balaban J connectivity index is 0.000000149. The summed E-state index contributed by atoms with van der Waals surface area (Å²) in [5.74, 6) is 2.61. The van der Waals surface area contributed by atoms with Gasteiger partial charge in [-0.15, -0.1) is 0 Å². The van der Waals surface area contributed by atoms with E-state index in [0.29, 0.717) is 5.92 Å². The molecule has 23 heavy (non-hydrogen) atoms. The van der Waals surface area contributed by atoms with E-state index in [-0.39, 0.29) is 0 Å². The van der Waals surface area contributed by atoms with E-state index < -0.39 is 0 Å². The second-order valence-electron chi connectivity index (χ2n) is 7.12. The Labute approximate surface area is 141 Å². The lowest BCUT2D eigenvalue weighted by Crippen LogP contribution is -2.46. The van der Waals surface area contributed by atoms with Crippen LogP contribution in [0, 0.1) is 17.8 Å². The molecule has 0 saturated carbocycles. The molecule has 1 aromatic carbocycles. The van der Waals surface area contributed by atoms with E-state index in [1.807, 2.05) is 0 Å². The number of fused-ring (bicyclic) bond motifs is 3. The average Bonchev–Trinajstić information content (AvgIpc) is 2.86. The first-order valence-electron chi connectivity index (χ1n) is 9.09.